The van der Waals surface area contributed by atoms with Gasteiger partial charge in [-0.2, -0.15) is 0 Å². The first kappa shape index (κ1) is 16.1. The van der Waals surface area contributed by atoms with Crippen LogP contribution in [0.2, 0.25) is 5.02 Å². The number of hydrogen-bond acceptors (Lipinski definition) is 4. The van der Waals surface area contributed by atoms with Crippen molar-refractivity contribution in [3.63, 3.8) is 0 Å². The van der Waals surface area contributed by atoms with Gasteiger partial charge in [-0.1, -0.05) is 17.7 Å². The Bertz CT molecular complexity index is 749. The van der Waals surface area contributed by atoms with Crippen LogP contribution in [0.15, 0.2) is 18.2 Å². The Kier molecular flexibility index (Phi) is 4.56. The minimum atomic E-state index is -0.555. The van der Waals surface area contributed by atoms with E-state index in [9.17, 15) is 14.7 Å². The van der Waals surface area contributed by atoms with Gasteiger partial charge in [0.25, 0.3) is 0 Å². The lowest BCUT2D eigenvalue weighted by molar-refractivity contribution is 0.0523. The number of aldehydes is 1. The van der Waals surface area contributed by atoms with Crippen molar-refractivity contribution in [2.45, 2.75) is 20.8 Å². The van der Waals surface area contributed by atoms with Crippen molar-refractivity contribution in [1.82, 2.24) is 4.57 Å². The zero-order valence-electron chi connectivity index (χ0n) is 12.5. The number of aromatic hydroxyl groups is 1. The first-order chi connectivity index (χ1) is 10.4. The molecule has 22 heavy (non-hydrogen) atoms. The van der Waals surface area contributed by atoms with E-state index in [1.54, 1.807) is 37.5 Å². The molecule has 6 heteroatoms. The van der Waals surface area contributed by atoms with Gasteiger partial charge >= 0.3 is 5.97 Å². The van der Waals surface area contributed by atoms with Crippen LogP contribution < -0.4 is 0 Å². The number of rotatable bonds is 4. The number of carbonyl (C=O) groups excluding carboxylic acids is 2. The predicted molar refractivity (Wildman–Crippen MR) is 83.3 cm³/mol. The first-order valence-electron chi connectivity index (χ1n) is 6.76. The topological polar surface area (TPSA) is 68.5 Å². The van der Waals surface area contributed by atoms with Gasteiger partial charge in [0.15, 0.2) is 6.29 Å². The molecule has 1 aromatic carbocycles. The molecule has 0 unspecified atom stereocenters. The van der Waals surface area contributed by atoms with Gasteiger partial charge in [-0.3, -0.25) is 4.79 Å². The van der Waals surface area contributed by atoms with Gasteiger partial charge in [-0.05, 0) is 32.9 Å². The highest BCUT2D eigenvalue weighted by Gasteiger charge is 2.25. The van der Waals surface area contributed by atoms with Crippen molar-refractivity contribution >= 4 is 23.9 Å². The van der Waals surface area contributed by atoms with Gasteiger partial charge in [0.05, 0.1) is 23.4 Å². The fourth-order valence-electron chi connectivity index (χ4n) is 2.51. The number of hydrogen-bond donors (Lipinski definition) is 1. The summed E-state index contributed by atoms with van der Waals surface area (Å²) in [4.78, 5) is 23.5. The lowest BCUT2D eigenvalue weighted by atomic mass is 10.1. The fraction of sp³-hybridized carbons (Fsp3) is 0.250. The monoisotopic (exact) mass is 321 g/mol. The molecule has 2 rings (SSSR count). The van der Waals surface area contributed by atoms with Gasteiger partial charge in [-0.15, -0.1) is 0 Å². The maximum atomic E-state index is 12.1. The normalized spacial score (nSPS) is 10.5. The zero-order valence-corrected chi connectivity index (χ0v) is 13.3. The first-order valence-corrected chi connectivity index (χ1v) is 7.13. The van der Waals surface area contributed by atoms with Crippen LogP contribution in [0.4, 0.5) is 0 Å². The molecule has 5 nitrogen and oxygen atoms in total. The maximum Gasteiger partial charge on any atom is 0.340 e. The lowest BCUT2D eigenvalue weighted by Crippen LogP contribution is -2.08. The highest BCUT2D eigenvalue weighted by Crippen LogP contribution is 2.34. The standard InChI is InChI=1S/C16H16ClNO4/c1-4-22-16(21)14-10(3)18(9(2)11(14)8-19)12-6-5-7-13(20)15(12)17/h5-8,20H,4H2,1-3H3. The van der Waals surface area contributed by atoms with E-state index in [1.807, 2.05) is 0 Å². The van der Waals surface area contributed by atoms with Crippen molar-refractivity contribution in [2.24, 2.45) is 0 Å². The number of nitrogens with zero attached hydrogens (tertiary/aromatic N) is 1. The molecule has 0 bridgehead atoms. The summed E-state index contributed by atoms with van der Waals surface area (Å²) in [5.41, 5.74) is 2.06. The third-order valence-electron chi connectivity index (χ3n) is 3.49. The van der Waals surface area contributed by atoms with E-state index in [1.165, 1.54) is 6.07 Å². The van der Waals surface area contributed by atoms with E-state index in [0.717, 1.165) is 0 Å². The molecule has 0 saturated heterocycles. The smallest absolute Gasteiger partial charge is 0.340 e. The third-order valence-corrected chi connectivity index (χ3v) is 3.88. The van der Waals surface area contributed by atoms with Crippen LogP contribution in [0.3, 0.4) is 0 Å². The number of phenols is 1. The molecule has 116 valence electrons. The van der Waals surface area contributed by atoms with Crippen LogP contribution in [0.1, 0.15) is 39.0 Å². The molecule has 0 spiro atoms. The molecule has 1 aromatic heterocycles. The van der Waals surface area contributed by atoms with Crippen molar-refractivity contribution < 1.29 is 19.4 Å². The second-order valence-electron chi connectivity index (χ2n) is 4.74. The Morgan fingerprint density at radius 2 is 2.05 bits per heavy atom. The SMILES string of the molecule is CCOC(=O)c1c(C=O)c(C)n(-c2cccc(O)c2Cl)c1C. The van der Waals surface area contributed by atoms with E-state index in [4.69, 9.17) is 16.3 Å². The number of carbonyl (C=O) groups is 2. The molecule has 0 aliphatic rings. The van der Waals surface area contributed by atoms with Gasteiger partial charge in [-0.25, -0.2) is 4.79 Å². The maximum absolute atomic E-state index is 12.1. The van der Waals surface area contributed by atoms with Crippen LogP contribution in [-0.4, -0.2) is 28.5 Å². The molecule has 0 aliphatic carbocycles. The molecule has 1 heterocycles. The number of phenolic OH excluding ortho intramolecular Hbond substituents is 1. The van der Waals surface area contributed by atoms with E-state index in [0.29, 0.717) is 23.4 Å². The molecular weight excluding hydrogens is 306 g/mol. The van der Waals surface area contributed by atoms with Crippen molar-refractivity contribution in [2.75, 3.05) is 6.61 Å². The van der Waals surface area contributed by atoms with Crippen molar-refractivity contribution in [3.8, 4) is 11.4 Å². The summed E-state index contributed by atoms with van der Waals surface area (Å²) in [7, 11) is 0. The molecule has 0 atom stereocenters. The minimum absolute atomic E-state index is 0.0722. The second kappa shape index (κ2) is 6.23. The molecule has 0 saturated carbocycles. The summed E-state index contributed by atoms with van der Waals surface area (Å²) in [5.74, 6) is -0.628. The summed E-state index contributed by atoms with van der Waals surface area (Å²) in [6.07, 6.45) is 0.627. The molecule has 0 aliphatic heterocycles. The van der Waals surface area contributed by atoms with Crippen molar-refractivity contribution in [3.05, 3.63) is 45.7 Å². The van der Waals surface area contributed by atoms with E-state index in [2.05, 4.69) is 0 Å². The zero-order chi connectivity index (χ0) is 16.4. The second-order valence-corrected chi connectivity index (χ2v) is 5.12. The highest BCUT2D eigenvalue weighted by atomic mass is 35.5. The third kappa shape index (κ3) is 2.48. The molecule has 0 radical (unpaired) electrons. The van der Waals surface area contributed by atoms with Crippen molar-refractivity contribution in [1.29, 1.82) is 0 Å². The summed E-state index contributed by atoms with van der Waals surface area (Å²) in [5, 5.41) is 9.91. The van der Waals surface area contributed by atoms with Gasteiger partial charge in [0.2, 0.25) is 0 Å². The average molecular weight is 322 g/mol. The minimum Gasteiger partial charge on any atom is -0.506 e. The Morgan fingerprint density at radius 3 is 2.64 bits per heavy atom. The lowest BCUT2D eigenvalue weighted by Gasteiger charge is -2.12. The highest BCUT2D eigenvalue weighted by molar-refractivity contribution is 6.33. The molecule has 0 amide bonds. The Morgan fingerprint density at radius 1 is 1.36 bits per heavy atom. The largest absolute Gasteiger partial charge is 0.506 e. The number of esters is 1. The molecule has 1 N–H and O–H groups in total. The summed E-state index contributed by atoms with van der Waals surface area (Å²) < 4.78 is 6.68. The summed E-state index contributed by atoms with van der Waals surface area (Å²) in [6, 6.07) is 4.80. The van der Waals surface area contributed by atoms with Crippen LogP contribution in [0, 0.1) is 13.8 Å². The quantitative estimate of drug-likeness (QED) is 0.692. The molecule has 2 aromatic rings. The van der Waals surface area contributed by atoms with E-state index >= 15 is 0 Å². The Labute approximate surface area is 133 Å². The fourth-order valence-corrected chi connectivity index (χ4v) is 2.72. The number of aromatic nitrogens is 1. The van der Waals surface area contributed by atoms with Crippen LogP contribution in [-0.2, 0) is 4.74 Å². The van der Waals surface area contributed by atoms with Crippen LogP contribution in [0.25, 0.3) is 5.69 Å². The Balaban J connectivity index is 2.76. The molecule has 0 fully saturated rings. The summed E-state index contributed by atoms with van der Waals surface area (Å²) in [6.45, 7) is 5.32. The molecular formula is C16H16ClNO4. The van der Waals surface area contributed by atoms with Crippen LogP contribution >= 0.6 is 11.6 Å². The number of halogens is 1. The van der Waals surface area contributed by atoms with Gasteiger partial charge in [0.1, 0.15) is 10.8 Å². The van der Waals surface area contributed by atoms with E-state index in [-0.39, 0.29) is 28.5 Å². The van der Waals surface area contributed by atoms with Gasteiger partial charge in [0, 0.05) is 11.4 Å². The van der Waals surface area contributed by atoms with Gasteiger partial charge < -0.3 is 14.4 Å². The van der Waals surface area contributed by atoms with E-state index < -0.39 is 5.97 Å². The van der Waals surface area contributed by atoms with Crippen LogP contribution in [0.5, 0.6) is 5.75 Å². The predicted octanol–water partition coefficient (Wildman–Crippen LogP) is 3.44. The number of ether oxygens (including phenoxy) is 1. The number of benzene rings is 1. The average Bonchev–Trinajstić information content (AvgIpc) is 2.73. The Hall–Kier alpha value is -2.27. The summed E-state index contributed by atoms with van der Waals surface area (Å²) >= 11 is 6.14.